The van der Waals surface area contributed by atoms with E-state index in [0.717, 1.165) is 28.1 Å². The van der Waals surface area contributed by atoms with E-state index >= 15 is 0 Å². The second kappa shape index (κ2) is 8.86. The van der Waals surface area contributed by atoms with Crippen molar-refractivity contribution in [2.24, 2.45) is 0 Å². The molecule has 0 amide bonds. The van der Waals surface area contributed by atoms with Crippen LogP contribution in [0.1, 0.15) is 22.0 Å². The van der Waals surface area contributed by atoms with Crippen LogP contribution in [0.2, 0.25) is 0 Å². The zero-order chi connectivity index (χ0) is 21.8. The van der Waals surface area contributed by atoms with Crippen LogP contribution in [-0.4, -0.2) is 15.6 Å². The maximum absolute atomic E-state index is 13.8. The number of carbonyl (C=O) groups excluding carboxylic acids is 1. The first kappa shape index (κ1) is 19.7. The average molecular weight is 415 g/mol. The number of aromatic nitrogens is 2. The Bertz CT molecular complexity index is 1310. The van der Waals surface area contributed by atoms with Gasteiger partial charge < -0.3 is 0 Å². The van der Waals surface area contributed by atoms with Crippen LogP contribution in [0.5, 0.6) is 0 Å². The van der Waals surface area contributed by atoms with Crippen molar-refractivity contribution in [3.8, 4) is 22.5 Å². The minimum atomic E-state index is -0.578. The van der Waals surface area contributed by atoms with E-state index in [0.29, 0.717) is 5.56 Å². The molecule has 0 N–H and O–H groups in total. The molecule has 0 bridgehead atoms. The van der Waals surface area contributed by atoms with Gasteiger partial charge in [0.05, 0.1) is 11.4 Å². The molecule has 1 heterocycles. The van der Waals surface area contributed by atoms with Gasteiger partial charge in [-0.15, -0.1) is 0 Å². The summed E-state index contributed by atoms with van der Waals surface area (Å²) in [5.74, 6) is 0.0108. The highest BCUT2D eigenvalue weighted by Crippen LogP contribution is 2.32. The quantitative estimate of drug-likeness (QED) is 0.290. The third-order valence-corrected chi connectivity index (χ3v) is 5.54. The van der Waals surface area contributed by atoms with Crippen molar-refractivity contribution in [2.75, 3.05) is 0 Å². The summed E-state index contributed by atoms with van der Waals surface area (Å²) in [6, 6.07) is 41.0. The predicted molar refractivity (Wildman–Crippen MR) is 128 cm³/mol. The summed E-state index contributed by atoms with van der Waals surface area (Å²) in [7, 11) is 0. The fourth-order valence-corrected chi connectivity index (χ4v) is 3.97. The van der Waals surface area contributed by atoms with Gasteiger partial charge in [-0.1, -0.05) is 121 Å². The van der Waals surface area contributed by atoms with Crippen molar-refractivity contribution in [3.05, 3.63) is 139 Å². The highest BCUT2D eigenvalue weighted by atomic mass is 16.1. The molecule has 0 saturated carbocycles. The largest absolute Gasteiger partial charge is 0.291 e. The molecular formula is C29H22N2O. The molecular weight excluding hydrogens is 392 g/mol. The summed E-state index contributed by atoms with van der Waals surface area (Å²) in [5, 5.41) is 4.98. The van der Waals surface area contributed by atoms with Gasteiger partial charge in [0, 0.05) is 11.1 Å². The maximum Gasteiger partial charge on any atom is 0.191 e. The lowest BCUT2D eigenvalue weighted by Crippen LogP contribution is -2.23. The first-order valence-electron chi connectivity index (χ1n) is 10.7. The topological polar surface area (TPSA) is 34.9 Å². The molecule has 32 heavy (non-hydrogen) atoms. The summed E-state index contributed by atoms with van der Waals surface area (Å²) in [4.78, 5) is 13.8. The molecule has 1 aromatic heterocycles. The number of hydrogen-bond donors (Lipinski definition) is 0. The van der Waals surface area contributed by atoms with Gasteiger partial charge in [-0.2, -0.15) is 5.10 Å². The Balaban J connectivity index is 1.73. The molecule has 3 nitrogen and oxygen atoms in total. The second-order valence-corrected chi connectivity index (χ2v) is 7.63. The normalized spacial score (nSPS) is 11.8. The Labute approximate surface area is 187 Å². The van der Waals surface area contributed by atoms with Crippen molar-refractivity contribution < 1.29 is 4.79 Å². The smallest absolute Gasteiger partial charge is 0.191 e. The highest BCUT2D eigenvalue weighted by Gasteiger charge is 2.28. The number of nitrogens with zero attached hydrogens (tertiary/aromatic N) is 2. The Hall–Kier alpha value is -4.24. The monoisotopic (exact) mass is 414 g/mol. The zero-order valence-electron chi connectivity index (χ0n) is 17.5. The van der Waals surface area contributed by atoms with Crippen molar-refractivity contribution in [3.63, 3.8) is 0 Å². The molecule has 0 saturated heterocycles. The fourth-order valence-electron chi connectivity index (χ4n) is 3.97. The molecule has 4 aromatic carbocycles. The van der Waals surface area contributed by atoms with Gasteiger partial charge in [0.2, 0.25) is 0 Å². The van der Waals surface area contributed by atoms with E-state index in [1.165, 1.54) is 0 Å². The van der Waals surface area contributed by atoms with E-state index in [-0.39, 0.29) is 5.78 Å². The van der Waals surface area contributed by atoms with E-state index in [4.69, 9.17) is 5.10 Å². The van der Waals surface area contributed by atoms with Crippen molar-refractivity contribution in [1.29, 1.82) is 0 Å². The average Bonchev–Trinajstić information content (AvgIpc) is 3.31. The maximum atomic E-state index is 13.8. The van der Waals surface area contributed by atoms with Crippen LogP contribution >= 0.6 is 0 Å². The third kappa shape index (κ3) is 3.88. The fraction of sp³-hybridized carbons (Fsp3) is 0.0345. The van der Waals surface area contributed by atoms with Crippen LogP contribution in [0, 0.1) is 0 Å². The predicted octanol–water partition coefficient (Wildman–Crippen LogP) is 6.69. The van der Waals surface area contributed by atoms with E-state index in [9.17, 15) is 4.79 Å². The number of hydrogen-bond acceptors (Lipinski definition) is 2. The summed E-state index contributed by atoms with van der Waals surface area (Å²) in [5.41, 5.74) is 5.35. The van der Waals surface area contributed by atoms with Gasteiger partial charge in [0.15, 0.2) is 5.78 Å². The Morgan fingerprint density at radius 2 is 1.12 bits per heavy atom. The second-order valence-electron chi connectivity index (χ2n) is 7.63. The molecule has 1 atom stereocenters. The minimum Gasteiger partial charge on any atom is -0.291 e. The van der Waals surface area contributed by atoms with E-state index in [1.807, 2.05) is 114 Å². The Morgan fingerprint density at radius 3 is 1.72 bits per heavy atom. The van der Waals surface area contributed by atoms with Crippen LogP contribution in [-0.2, 0) is 0 Å². The van der Waals surface area contributed by atoms with E-state index < -0.39 is 6.04 Å². The summed E-state index contributed by atoms with van der Waals surface area (Å²) >= 11 is 0. The first-order chi connectivity index (χ1) is 15.8. The Kier molecular flexibility index (Phi) is 5.46. The van der Waals surface area contributed by atoms with Gasteiger partial charge >= 0.3 is 0 Å². The molecule has 0 aliphatic heterocycles. The number of carbonyl (C=O) groups is 1. The lowest BCUT2D eigenvalue weighted by Gasteiger charge is -2.20. The van der Waals surface area contributed by atoms with Gasteiger partial charge in [-0.3, -0.25) is 4.79 Å². The van der Waals surface area contributed by atoms with Crippen LogP contribution in [0.15, 0.2) is 127 Å². The number of Topliss-reactive ketones (excluding diaryl/α,β-unsaturated/α-hetero) is 1. The van der Waals surface area contributed by atoms with Crippen molar-refractivity contribution >= 4 is 5.78 Å². The van der Waals surface area contributed by atoms with Gasteiger partial charge in [-0.05, 0) is 17.2 Å². The Morgan fingerprint density at radius 1 is 0.625 bits per heavy atom. The highest BCUT2D eigenvalue weighted by molar-refractivity contribution is 6.01. The minimum absolute atomic E-state index is 0.0108. The van der Waals surface area contributed by atoms with Crippen LogP contribution in [0.3, 0.4) is 0 Å². The molecule has 0 fully saturated rings. The molecule has 0 aliphatic rings. The number of benzene rings is 4. The lowest BCUT2D eigenvalue weighted by molar-refractivity contribution is 0.0941. The van der Waals surface area contributed by atoms with E-state index in [2.05, 4.69) is 18.2 Å². The van der Waals surface area contributed by atoms with Gasteiger partial charge in [0.25, 0.3) is 0 Å². The molecule has 5 aromatic rings. The molecule has 0 aliphatic carbocycles. The molecule has 3 heteroatoms. The molecule has 5 rings (SSSR count). The number of rotatable bonds is 6. The molecule has 1 unspecified atom stereocenters. The SMILES string of the molecule is O=C(c1ccccc1)C(c1ccccc1)n1nc(-c2ccccc2)cc1-c1ccccc1. The standard InChI is InChI=1S/C29H22N2O/c32-29(25-19-11-4-12-20-25)28(24-17-9-3-10-18-24)31-27(23-15-7-2-8-16-23)21-26(30-31)22-13-5-1-6-14-22/h1-21,28H. The lowest BCUT2D eigenvalue weighted by atomic mass is 9.97. The summed E-state index contributed by atoms with van der Waals surface area (Å²) < 4.78 is 1.88. The molecule has 0 radical (unpaired) electrons. The third-order valence-electron chi connectivity index (χ3n) is 5.54. The molecule has 154 valence electrons. The van der Waals surface area contributed by atoms with Crippen LogP contribution in [0.25, 0.3) is 22.5 Å². The summed E-state index contributed by atoms with van der Waals surface area (Å²) in [6.07, 6.45) is 0. The van der Waals surface area contributed by atoms with Crippen LogP contribution in [0.4, 0.5) is 0 Å². The number of ketones is 1. The van der Waals surface area contributed by atoms with Crippen LogP contribution < -0.4 is 0 Å². The van der Waals surface area contributed by atoms with Gasteiger partial charge in [-0.25, -0.2) is 4.68 Å². The first-order valence-corrected chi connectivity index (χ1v) is 10.7. The zero-order valence-corrected chi connectivity index (χ0v) is 17.5. The van der Waals surface area contributed by atoms with E-state index in [1.54, 1.807) is 0 Å². The van der Waals surface area contributed by atoms with Crippen molar-refractivity contribution in [2.45, 2.75) is 6.04 Å². The summed E-state index contributed by atoms with van der Waals surface area (Å²) in [6.45, 7) is 0. The van der Waals surface area contributed by atoms with Gasteiger partial charge in [0.1, 0.15) is 6.04 Å². The molecule has 0 spiro atoms. The van der Waals surface area contributed by atoms with Crippen molar-refractivity contribution in [1.82, 2.24) is 9.78 Å².